The topological polar surface area (TPSA) is 178 Å². The zero-order chi connectivity index (χ0) is 24.6. The largest absolute Gasteiger partial charge is 0.490 e. The zero-order valence-electron chi connectivity index (χ0n) is 16.4. The maximum atomic E-state index is 11.7. The third-order valence-electron chi connectivity index (χ3n) is 3.05. The molecular weight excluding hydrogens is 443 g/mol. The third-order valence-corrected chi connectivity index (χ3v) is 3.05. The van der Waals surface area contributed by atoms with Crippen molar-refractivity contribution in [1.82, 2.24) is 10.6 Å². The summed E-state index contributed by atoms with van der Waals surface area (Å²) in [5.41, 5.74) is 5.96. The lowest BCUT2D eigenvalue weighted by molar-refractivity contribution is -0.763. The first kappa shape index (κ1) is 27.8. The minimum Gasteiger partial charge on any atom is -0.475 e. The van der Waals surface area contributed by atoms with Crippen LogP contribution in [0.3, 0.4) is 0 Å². The first-order chi connectivity index (χ1) is 15.0. The lowest BCUT2D eigenvalue weighted by atomic mass is 10.2. The van der Waals surface area contributed by atoms with Crippen LogP contribution in [-0.2, 0) is 16.2 Å². The molecular formula is C17H20F3N5O7. The summed E-state index contributed by atoms with van der Waals surface area (Å²) in [5.74, 6) is -2.31. The molecule has 0 aliphatic rings. The number of hydrogen-bond donors (Lipinski definition) is 4. The molecule has 0 spiro atoms. The van der Waals surface area contributed by atoms with Gasteiger partial charge in [0.05, 0.1) is 0 Å². The monoisotopic (exact) mass is 463 g/mol. The predicted molar refractivity (Wildman–Crippen MR) is 104 cm³/mol. The number of aliphatic carboxylic acids is 1. The molecule has 0 bridgehead atoms. The van der Waals surface area contributed by atoms with Crippen molar-refractivity contribution < 1.29 is 42.5 Å². The molecule has 0 fully saturated rings. The van der Waals surface area contributed by atoms with Gasteiger partial charge in [0.2, 0.25) is 5.96 Å². The Labute approximate surface area is 179 Å². The molecule has 32 heavy (non-hydrogen) atoms. The molecule has 0 unspecified atom stereocenters. The second-order valence-electron chi connectivity index (χ2n) is 5.52. The number of nitrogens with one attached hydrogen (secondary N) is 2. The molecule has 0 aliphatic carbocycles. The maximum Gasteiger partial charge on any atom is 0.490 e. The lowest BCUT2D eigenvalue weighted by Crippen LogP contribution is -2.33. The fourth-order valence-corrected chi connectivity index (χ4v) is 1.74. The number of carboxylic acid groups (broad SMARTS) is 1. The second-order valence-corrected chi connectivity index (χ2v) is 5.52. The highest BCUT2D eigenvalue weighted by Gasteiger charge is 2.38. The third kappa shape index (κ3) is 14.7. The Hall–Kier alpha value is -4.22. The number of carbonyl (C=O) groups is 2. The Kier molecular flexibility index (Phi) is 12.8. The quantitative estimate of drug-likeness (QED) is 0.105. The van der Waals surface area contributed by atoms with E-state index in [1.807, 2.05) is 0 Å². The minimum absolute atomic E-state index is 0.177. The van der Waals surface area contributed by atoms with E-state index in [0.717, 1.165) is 6.42 Å². The Morgan fingerprint density at radius 2 is 1.88 bits per heavy atom. The molecule has 0 saturated carbocycles. The molecule has 0 aromatic heterocycles. The van der Waals surface area contributed by atoms with Crippen LogP contribution in [-0.4, -0.2) is 47.5 Å². The fourth-order valence-electron chi connectivity index (χ4n) is 1.74. The summed E-state index contributed by atoms with van der Waals surface area (Å²) in [5, 5.41) is 21.8. The summed E-state index contributed by atoms with van der Waals surface area (Å²) in [6, 6.07) is 8.34. The number of carboxylic acids is 1. The number of halogens is 3. The standard InChI is InChI=1S/C15H19N5O5.C2HF3O2/c1-2-17-14(16)18-8-3-4-9-19-15(21)25-13-7-5-6-12(10-13)11-24-20(22)23;3-2(4,5)1(6)7/h1,5-7,10H,3-4,8-9,11H2,(H,19,21)(H3,16,17,18);(H,6,7). The molecule has 0 heterocycles. The number of guanidine groups is 1. The molecule has 0 aliphatic heterocycles. The second kappa shape index (κ2) is 14.7. The van der Waals surface area contributed by atoms with Crippen LogP contribution in [0.4, 0.5) is 18.0 Å². The number of benzene rings is 1. The van der Waals surface area contributed by atoms with Crippen LogP contribution in [0.1, 0.15) is 18.4 Å². The Morgan fingerprint density at radius 3 is 2.41 bits per heavy atom. The molecule has 5 N–H and O–H groups in total. The summed E-state index contributed by atoms with van der Waals surface area (Å²) < 4.78 is 36.8. The summed E-state index contributed by atoms with van der Waals surface area (Å²) in [6.45, 7) is 0.772. The highest BCUT2D eigenvalue weighted by molar-refractivity contribution is 5.78. The van der Waals surface area contributed by atoms with Gasteiger partial charge in [0.15, 0.2) is 0 Å². The lowest BCUT2D eigenvalue weighted by Gasteiger charge is -2.08. The average molecular weight is 463 g/mol. The zero-order valence-corrected chi connectivity index (χ0v) is 16.4. The molecule has 0 atom stereocenters. The molecule has 0 radical (unpaired) electrons. The van der Waals surface area contributed by atoms with Gasteiger partial charge in [0.1, 0.15) is 12.4 Å². The number of ether oxygens (including phenoxy) is 1. The number of unbranched alkanes of at least 4 members (excludes halogenated alkanes) is 1. The number of nitrogens with zero attached hydrogens (tertiary/aromatic N) is 2. The van der Waals surface area contributed by atoms with Gasteiger partial charge in [-0.3, -0.25) is 0 Å². The van der Waals surface area contributed by atoms with Crippen LogP contribution < -0.4 is 21.1 Å². The fraction of sp³-hybridized carbons (Fsp3) is 0.353. The summed E-state index contributed by atoms with van der Waals surface area (Å²) in [4.78, 5) is 38.5. The molecule has 15 heteroatoms. The number of hydrogen-bond acceptors (Lipinski definition) is 7. The summed E-state index contributed by atoms with van der Waals surface area (Å²) >= 11 is 0. The van der Waals surface area contributed by atoms with Crippen LogP contribution in [0, 0.1) is 22.6 Å². The van der Waals surface area contributed by atoms with Crippen molar-refractivity contribution in [1.29, 1.82) is 0 Å². The molecule has 1 aromatic carbocycles. The number of nitrogens with two attached hydrogens (primary N) is 1. The molecule has 1 aromatic rings. The maximum absolute atomic E-state index is 11.7. The first-order valence-corrected chi connectivity index (χ1v) is 8.60. The molecule has 12 nitrogen and oxygen atoms in total. The van der Waals surface area contributed by atoms with Gasteiger partial charge in [-0.25, -0.2) is 9.59 Å². The van der Waals surface area contributed by atoms with Crippen LogP contribution in [0.5, 0.6) is 5.75 Å². The highest BCUT2D eigenvalue weighted by Crippen LogP contribution is 2.14. The SMILES string of the molecule is C#CN=C(N)NCCCCNC(=O)Oc1cccc(CO[N+](=O)[O-])c1.O=C(O)C(F)(F)F. The van der Waals surface area contributed by atoms with Gasteiger partial charge in [0, 0.05) is 19.1 Å². The normalized spacial score (nSPS) is 10.6. The van der Waals surface area contributed by atoms with E-state index >= 15 is 0 Å². The predicted octanol–water partition coefficient (Wildman–Crippen LogP) is 1.39. The van der Waals surface area contributed by atoms with E-state index in [1.165, 1.54) is 6.07 Å². The van der Waals surface area contributed by atoms with Crippen molar-refractivity contribution in [3.05, 3.63) is 39.9 Å². The number of carbonyl (C=O) groups excluding carboxylic acids is 1. The van der Waals surface area contributed by atoms with Crippen LogP contribution in [0.25, 0.3) is 0 Å². The summed E-state index contributed by atoms with van der Waals surface area (Å²) in [6.07, 6.45) is 0.703. The van der Waals surface area contributed by atoms with E-state index in [0.29, 0.717) is 25.1 Å². The summed E-state index contributed by atoms with van der Waals surface area (Å²) in [7, 11) is 0. The molecule has 176 valence electrons. The van der Waals surface area contributed by atoms with E-state index in [-0.39, 0.29) is 18.3 Å². The molecule has 1 amide bonds. The number of rotatable bonds is 9. The minimum atomic E-state index is -5.08. The number of alkyl halides is 3. The van der Waals surface area contributed by atoms with Gasteiger partial charge >= 0.3 is 18.2 Å². The van der Waals surface area contributed by atoms with Crippen molar-refractivity contribution in [3.8, 4) is 18.2 Å². The van der Waals surface area contributed by atoms with Gasteiger partial charge in [0.25, 0.3) is 5.09 Å². The number of terminal acetylenes is 1. The Balaban J connectivity index is 0.00000118. The Morgan fingerprint density at radius 1 is 1.28 bits per heavy atom. The average Bonchev–Trinajstić information content (AvgIpc) is 2.69. The number of aliphatic imine (C=N–C) groups is 1. The van der Waals surface area contributed by atoms with Crippen LogP contribution in [0.15, 0.2) is 29.3 Å². The van der Waals surface area contributed by atoms with E-state index in [1.54, 1.807) is 18.2 Å². The van der Waals surface area contributed by atoms with Crippen molar-refractivity contribution in [2.75, 3.05) is 13.1 Å². The smallest absolute Gasteiger partial charge is 0.475 e. The van der Waals surface area contributed by atoms with E-state index < -0.39 is 23.3 Å². The van der Waals surface area contributed by atoms with Gasteiger partial charge in [-0.1, -0.05) is 18.6 Å². The van der Waals surface area contributed by atoms with Crippen molar-refractivity contribution in [2.45, 2.75) is 25.6 Å². The molecule has 0 saturated heterocycles. The van der Waals surface area contributed by atoms with Crippen molar-refractivity contribution in [2.24, 2.45) is 10.7 Å². The van der Waals surface area contributed by atoms with Crippen LogP contribution >= 0.6 is 0 Å². The van der Waals surface area contributed by atoms with Crippen LogP contribution in [0.2, 0.25) is 0 Å². The van der Waals surface area contributed by atoms with Gasteiger partial charge in [-0.15, -0.1) is 10.1 Å². The van der Waals surface area contributed by atoms with Gasteiger partial charge in [-0.05, 0) is 30.5 Å². The van der Waals surface area contributed by atoms with E-state index in [9.17, 15) is 28.1 Å². The van der Waals surface area contributed by atoms with E-state index in [2.05, 4.69) is 26.5 Å². The van der Waals surface area contributed by atoms with Gasteiger partial charge in [-0.2, -0.15) is 18.2 Å². The number of amides is 1. The van der Waals surface area contributed by atoms with Crippen molar-refractivity contribution in [3.63, 3.8) is 0 Å². The molecule has 1 rings (SSSR count). The van der Waals surface area contributed by atoms with E-state index in [4.69, 9.17) is 26.8 Å². The Bertz CT molecular complexity index is 841. The van der Waals surface area contributed by atoms with Gasteiger partial charge < -0.3 is 31.0 Å². The first-order valence-electron chi connectivity index (χ1n) is 8.60. The van der Waals surface area contributed by atoms with Crippen molar-refractivity contribution >= 4 is 18.0 Å². The highest BCUT2D eigenvalue weighted by atomic mass is 19.4.